The lowest BCUT2D eigenvalue weighted by Crippen LogP contribution is -2.32. The molecule has 21 heavy (non-hydrogen) atoms. The van der Waals surface area contributed by atoms with E-state index >= 15 is 0 Å². The van der Waals surface area contributed by atoms with E-state index in [9.17, 15) is 13.2 Å². The number of amides is 2. The minimum absolute atomic E-state index is 0.0609. The third kappa shape index (κ3) is 2.62. The van der Waals surface area contributed by atoms with Gasteiger partial charge in [0.05, 0.1) is 6.54 Å². The minimum atomic E-state index is -3.62. The first-order valence-electron chi connectivity index (χ1n) is 6.49. The molecular weight excluding hydrogens is 288 g/mol. The van der Waals surface area contributed by atoms with E-state index in [-0.39, 0.29) is 12.4 Å². The highest BCUT2D eigenvalue weighted by Gasteiger charge is 2.41. The minimum Gasteiger partial charge on any atom is -0.277 e. The fraction of sp³-hybridized carbons (Fsp3) is 0.133. The maximum atomic E-state index is 12.4. The number of urea groups is 1. The molecule has 0 bridgehead atoms. The number of nitrogens with zero attached hydrogens (tertiary/aromatic N) is 2. The zero-order chi connectivity index (χ0) is 14.9. The molecule has 2 aromatic rings. The van der Waals surface area contributed by atoms with E-state index < -0.39 is 16.1 Å². The molecule has 0 radical (unpaired) electrons. The van der Waals surface area contributed by atoms with E-state index in [1.54, 1.807) is 36.4 Å². The van der Waals surface area contributed by atoms with Crippen LogP contribution in [0.3, 0.4) is 0 Å². The Kier molecular flexibility index (Phi) is 3.39. The lowest BCUT2D eigenvalue weighted by Gasteiger charge is -2.16. The van der Waals surface area contributed by atoms with E-state index in [1.807, 2.05) is 24.3 Å². The van der Waals surface area contributed by atoms with Crippen molar-refractivity contribution in [3.63, 3.8) is 0 Å². The van der Waals surface area contributed by atoms with Gasteiger partial charge in [-0.1, -0.05) is 48.5 Å². The monoisotopic (exact) mass is 302 g/mol. The third-order valence-electron chi connectivity index (χ3n) is 3.31. The second-order valence-electron chi connectivity index (χ2n) is 4.78. The van der Waals surface area contributed by atoms with Crippen molar-refractivity contribution in [1.29, 1.82) is 0 Å². The Morgan fingerprint density at radius 2 is 1.48 bits per heavy atom. The van der Waals surface area contributed by atoms with Crippen LogP contribution >= 0.6 is 0 Å². The molecular formula is C15H14N2O3S. The summed E-state index contributed by atoms with van der Waals surface area (Å²) in [7, 11) is -3.62. The molecule has 1 saturated heterocycles. The molecule has 0 saturated carbocycles. The molecule has 0 aromatic heterocycles. The van der Waals surface area contributed by atoms with Crippen molar-refractivity contribution >= 4 is 21.7 Å². The number of anilines is 1. The number of benzene rings is 2. The molecule has 0 atom stereocenters. The average molecular weight is 302 g/mol. The molecule has 108 valence electrons. The fourth-order valence-corrected chi connectivity index (χ4v) is 3.66. The summed E-state index contributed by atoms with van der Waals surface area (Å²) in [5.41, 5.74) is 1.37. The lowest BCUT2D eigenvalue weighted by molar-refractivity contribution is 0.233. The van der Waals surface area contributed by atoms with Gasteiger partial charge in [-0.3, -0.25) is 4.90 Å². The summed E-state index contributed by atoms with van der Waals surface area (Å²) < 4.78 is 25.4. The summed E-state index contributed by atoms with van der Waals surface area (Å²) in [6.07, 6.45) is 0. The molecule has 1 fully saturated rings. The molecule has 6 heteroatoms. The third-order valence-corrected chi connectivity index (χ3v) is 4.85. The highest BCUT2D eigenvalue weighted by molar-refractivity contribution is 7.90. The predicted octanol–water partition coefficient (Wildman–Crippen LogP) is 2.42. The van der Waals surface area contributed by atoms with Crippen molar-refractivity contribution in [2.24, 2.45) is 0 Å². The van der Waals surface area contributed by atoms with Crippen molar-refractivity contribution in [3.05, 3.63) is 66.2 Å². The zero-order valence-corrected chi connectivity index (χ0v) is 12.0. The number of para-hydroxylation sites is 1. The second-order valence-corrected chi connectivity index (χ2v) is 6.64. The van der Waals surface area contributed by atoms with Gasteiger partial charge in [-0.15, -0.1) is 0 Å². The first kappa shape index (κ1) is 13.6. The normalized spacial score (nSPS) is 17.2. The van der Waals surface area contributed by atoms with Crippen LogP contribution < -0.4 is 4.90 Å². The van der Waals surface area contributed by atoms with Crippen LogP contribution in [-0.4, -0.2) is 24.6 Å². The molecule has 2 aromatic carbocycles. The lowest BCUT2D eigenvalue weighted by atomic mass is 10.2. The second kappa shape index (κ2) is 5.21. The Hall–Kier alpha value is -2.34. The van der Waals surface area contributed by atoms with E-state index in [0.29, 0.717) is 5.69 Å². The Bertz CT molecular complexity index is 745. The van der Waals surface area contributed by atoms with Crippen LogP contribution in [0.4, 0.5) is 10.5 Å². The van der Waals surface area contributed by atoms with Crippen molar-refractivity contribution in [3.8, 4) is 0 Å². The molecule has 3 rings (SSSR count). The van der Waals surface area contributed by atoms with E-state index in [4.69, 9.17) is 0 Å². The first-order chi connectivity index (χ1) is 10.1. The van der Waals surface area contributed by atoms with Gasteiger partial charge in [0.1, 0.15) is 5.88 Å². The van der Waals surface area contributed by atoms with Crippen LogP contribution in [0.5, 0.6) is 0 Å². The van der Waals surface area contributed by atoms with Crippen LogP contribution in [0.2, 0.25) is 0 Å². The summed E-state index contributed by atoms with van der Waals surface area (Å²) in [4.78, 5) is 13.7. The molecule has 0 aliphatic carbocycles. The highest BCUT2D eigenvalue weighted by Crippen LogP contribution is 2.26. The largest absolute Gasteiger partial charge is 0.339 e. The van der Waals surface area contributed by atoms with Gasteiger partial charge in [0.15, 0.2) is 0 Å². The summed E-state index contributed by atoms with van der Waals surface area (Å²) in [5.74, 6) is -0.317. The summed E-state index contributed by atoms with van der Waals surface area (Å²) in [6.45, 7) is 0.0609. The molecule has 2 amide bonds. The Labute approximate surface area is 123 Å². The molecule has 0 spiro atoms. The number of sulfonamides is 1. The van der Waals surface area contributed by atoms with Crippen molar-refractivity contribution in [1.82, 2.24) is 4.31 Å². The van der Waals surface area contributed by atoms with Gasteiger partial charge in [-0.05, 0) is 17.7 Å². The van der Waals surface area contributed by atoms with E-state index in [0.717, 1.165) is 9.87 Å². The number of rotatable bonds is 3. The average Bonchev–Trinajstić information content (AvgIpc) is 2.73. The van der Waals surface area contributed by atoms with Gasteiger partial charge < -0.3 is 0 Å². The van der Waals surface area contributed by atoms with Crippen LogP contribution in [0.15, 0.2) is 60.7 Å². The molecule has 1 heterocycles. The molecule has 5 nitrogen and oxygen atoms in total. The van der Waals surface area contributed by atoms with Crippen LogP contribution in [0, 0.1) is 0 Å². The summed E-state index contributed by atoms with van der Waals surface area (Å²) in [5, 5.41) is 0. The van der Waals surface area contributed by atoms with Gasteiger partial charge in [-0.2, -0.15) is 0 Å². The number of carbonyl (C=O) groups excluding carboxylic acids is 1. The molecule has 1 aliphatic heterocycles. The van der Waals surface area contributed by atoms with Gasteiger partial charge in [-0.25, -0.2) is 17.5 Å². The molecule has 0 N–H and O–H groups in total. The van der Waals surface area contributed by atoms with E-state index in [1.165, 1.54) is 4.90 Å². The number of hydrogen-bond acceptors (Lipinski definition) is 3. The SMILES string of the molecule is O=C1N(c2ccccc2)CS(=O)(=O)N1Cc1ccccc1. The summed E-state index contributed by atoms with van der Waals surface area (Å²) >= 11 is 0. The fourth-order valence-electron chi connectivity index (χ4n) is 2.25. The van der Waals surface area contributed by atoms with Crippen LogP contribution in [0.1, 0.15) is 5.56 Å². The van der Waals surface area contributed by atoms with Crippen LogP contribution in [0.25, 0.3) is 0 Å². The van der Waals surface area contributed by atoms with Crippen molar-refractivity contribution < 1.29 is 13.2 Å². The molecule has 0 unspecified atom stereocenters. The maximum absolute atomic E-state index is 12.4. The van der Waals surface area contributed by atoms with E-state index in [2.05, 4.69) is 0 Å². The van der Waals surface area contributed by atoms with Gasteiger partial charge in [0.2, 0.25) is 0 Å². The Morgan fingerprint density at radius 1 is 0.905 bits per heavy atom. The maximum Gasteiger partial charge on any atom is 0.339 e. The quantitative estimate of drug-likeness (QED) is 0.875. The smallest absolute Gasteiger partial charge is 0.277 e. The zero-order valence-electron chi connectivity index (χ0n) is 11.2. The van der Waals surface area contributed by atoms with Gasteiger partial charge >= 0.3 is 6.03 Å². The van der Waals surface area contributed by atoms with Gasteiger partial charge in [0.25, 0.3) is 10.0 Å². The first-order valence-corrected chi connectivity index (χ1v) is 8.10. The number of carbonyl (C=O) groups is 1. The predicted molar refractivity (Wildman–Crippen MR) is 80.1 cm³/mol. The van der Waals surface area contributed by atoms with Crippen molar-refractivity contribution in [2.45, 2.75) is 6.54 Å². The van der Waals surface area contributed by atoms with Crippen molar-refractivity contribution in [2.75, 3.05) is 10.8 Å². The number of hydrogen-bond donors (Lipinski definition) is 0. The highest BCUT2D eigenvalue weighted by atomic mass is 32.2. The van der Waals surface area contributed by atoms with Crippen LogP contribution in [-0.2, 0) is 16.6 Å². The Balaban J connectivity index is 1.90. The molecule has 1 aliphatic rings. The standard InChI is InChI=1S/C15H14N2O3S/c18-15-16(14-9-5-2-6-10-14)12-21(19,20)17(15)11-13-7-3-1-4-8-13/h1-10H,11-12H2. The topological polar surface area (TPSA) is 57.7 Å². The van der Waals surface area contributed by atoms with Gasteiger partial charge in [0, 0.05) is 5.69 Å². The summed E-state index contributed by atoms with van der Waals surface area (Å²) in [6, 6.07) is 17.4. The Morgan fingerprint density at radius 3 is 2.10 bits per heavy atom.